The molecule has 27 heavy (non-hydrogen) atoms. The van der Waals surface area contributed by atoms with Gasteiger partial charge in [-0.2, -0.15) is 0 Å². The maximum atomic E-state index is 11.9. The topological polar surface area (TPSA) is 114 Å². The molecule has 2 aromatic carbocycles. The first-order valence-electron chi connectivity index (χ1n) is 7.62. The van der Waals surface area contributed by atoms with Gasteiger partial charge in [0.1, 0.15) is 0 Å². The van der Waals surface area contributed by atoms with E-state index in [1.807, 2.05) is 4.72 Å². The van der Waals surface area contributed by atoms with Gasteiger partial charge in [-0.25, -0.2) is 17.9 Å². The molecule has 0 saturated heterocycles. The minimum Gasteiger partial charge on any atom is -0.465 e. The van der Waals surface area contributed by atoms with Gasteiger partial charge in [0, 0.05) is 12.6 Å². The van der Waals surface area contributed by atoms with Crippen molar-refractivity contribution in [1.29, 1.82) is 0 Å². The minimum absolute atomic E-state index is 0.0573. The lowest BCUT2D eigenvalue weighted by atomic mass is 10.2. The van der Waals surface area contributed by atoms with E-state index in [1.54, 1.807) is 24.3 Å². The quantitative estimate of drug-likeness (QED) is 0.510. The lowest BCUT2D eigenvalue weighted by molar-refractivity contribution is -0.117. The standard InChI is InChI=1S/C17H17N3O5S2/c1-11(21)20-27(23,24)13-9-7-12(8-10-13)18-17(26)19-15-6-4-3-5-14(15)16(22)25-2/h3-10H,1-2H3,(H,20,21)(H2,18,19,26). The fourth-order valence-corrected chi connectivity index (χ4v) is 3.35. The zero-order valence-electron chi connectivity index (χ0n) is 14.5. The third kappa shape index (κ3) is 5.50. The van der Waals surface area contributed by atoms with Gasteiger partial charge in [0.2, 0.25) is 5.91 Å². The summed E-state index contributed by atoms with van der Waals surface area (Å²) in [4.78, 5) is 22.7. The zero-order valence-corrected chi connectivity index (χ0v) is 16.1. The van der Waals surface area contributed by atoms with Gasteiger partial charge in [-0.3, -0.25) is 4.79 Å². The summed E-state index contributed by atoms with van der Waals surface area (Å²) in [5.41, 5.74) is 1.30. The second-order valence-corrected chi connectivity index (χ2v) is 7.39. The van der Waals surface area contributed by atoms with Crippen LogP contribution in [0.25, 0.3) is 0 Å². The van der Waals surface area contributed by atoms with Crippen molar-refractivity contribution in [3.8, 4) is 0 Å². The van der Waals surface area contributed by atoms with Crippen LogP contribution >= 0.6 is 12.2 Å². The molecular weight excluding hydrogens is 390 g/mol. The summed E-state index contributed by atoms with van der Waals surface area (Å²) in [7, 11) is -2.61. The third-order valence-corrected chi connectivity index (χ3v) is 4.93. The first-order valence-corrected chi connectivity index (χ1v) is 9.51. The highest BCUT2D eigenvalue weighted by atomic mass is 32.2. The molecule has 0 aliphatic rings. The van der Waals surface area contributed by atoms with Crippen LogP contribution in [0.2, 0.25) is 0 Å². The van der Waals surface area contributed by atoms with Crippen molar-refractivity contribution in [3.63, 3.8) is 0 Å². The normalized spacial score (nSPS) is 10.6. The predicted molar refractivity (Wildman–Crippen MR) is 105 cm³/mol. The highest BCUT2D eigenvalue weighted by Gasteiger charge is 2.15. The first-order chi connectivity index (χ1) is 12.7. The summed E-state index contributed by atoms with van der Waals surface area (Å²) in [5.74, 6) is -1.18. The van der Waals surface area contributed by atoms with Gasteiger partial charge in [-0.15, -0.1) is 0 Å². The number of methoxy groups -OCH3 is 1. The Morgan fingerprint density at radius 3 is 2.22 bits per heavy atom. The summed E-state index contributed by atoms with van der Waals surface area (Å²) < 4.78 is 30.4. The van der Waals surface area contributed by atoms with E-state index < -0.39 is 21.9 Å². The molecule has 0 saturated carbocycles. The summed E-state index contributed by atoms with van der Waals surface area (Å²) in [6, 6.07) is 12.4. The van der Waals surface area contributed by atoms with E-state index in [0.717, 1.165) is 6.92 Å². The number of nitrogens with one attached hydrogen (secondary N) is 3. The highest BCUT2D eigenvalue weighted by Crippen LogP contribution is 2.18. The molecule has 0 spiro atoms. The molecule has 2 aromatic rings. The number of thiocarbonyl (C=S) groups is 1. The summed E-state index contributed by atoms with van der Waals surface area (Å²) >= 11 is 5.21. The number of rotatable bonds is 5. The smallest absolute Gasteiger partial charge is 0.339 e. The lowest BCUT2D eigenvalue weighted by Gasteiger charge is -2.13. The molecule has 0 aromatic heterocycles. The second kappa shape index (κ2) is 8.60. The summed E-state index contributed by atoms with van der Waals surface area (Å²) in [6.07, 6.45) is 0. The molecule has 0 aliphatic heterocycles. The Morgan fingerprint density at radius 2 is 1.63 bits per heavy atom. The van der Waals surface area contributed by atoms with E-state index in [4.69, 9.17) is 17.0 Å². The molecular formula is C17H17N3O5S2. The number of hydrogen-bond donors (Lipinski definition) is 3. The predicted octanol–water partition coefficient (Wildman–Crippen LogP) is 2.11. The summed E-state index contributed by atoms with van der Waals surface area (Å²) in [5, 5.41) is 5.97. The largest absolute Gasteiger partial charge is 0.465 e. The number of anilines is 2. The molecule has 0 fully saturated rings. The van der Waals surface area contributed by atoms with Gasteiger partial charge in [-0.05, 0) is 48.6 Å². The van der Waals surface area contributed by atoms with Crippen molar-refractivity contribution < 1.29 is 22.7 Å². The van der Waals surface area contributed by atoms with Crippen molar-refractivity contribution in [2.45, 2.75) is 11.8 Å². The maximum absolute atomic E-state index is 11.9. The van der Waals surface area contributed by atoms with Crippen molar-refractivity contribution in [3.05, 3.63) is 54.1 Å². The molecule has 1 amide bonds. The molecule has 0 bridgehead atoms. The molecule has 8 nitrogen and oxygen atoms in total. The number of hydrogen-bond acceptors (Lipinski definition) is 6. The average Bonchev–Trinajstić information content (AvgIpc) is 2.61. The van der Waals surface area contributed by atoms with E-state index in [9.17, 15) is 18.0 Å². The van der Waals surface area contributed by atoms with Crippen LogP contribution in [0.5, 0.6) is 0 Å². The Labute approximate surface area is 162 Å². The molecule has 0 radical (unpaired) electrons. The van der Waals surface area contributed by atoms with Crippen molar-refractivity contribution in [1.82, 2.24) is 4.72 Å². The van der Waals surface area contributed by atoms with E-state index in [2.05, 4.69) is 10.6 Å². The molecule has 0 atom stereocenters. The molecule has 0 unspecified atom stereocenters. The van der Waals surface area contributed by atoms with Gasteiger partial charge in [0.25, 0.3) is 10.0 Å². The first kappa shape index (κ1) is 20.3. The van der Waals surface area contributed by atoms with Crippen LogP contribution in [0, 0.1) is 0 Å². The summed E-state index contributed by atoms with van der Waals surface area (Å²) in [6.45, 7) is 1.11. The number of benzene rings is 2. The fourth-order valence-electron chi connectivity index (χ4n) is 2.13. The Bertz CT molecular complexity index is 972. The number of esters is 1. The molecule has 3 N–H and O–H groups in total. The van der Waals surface area contributed by atoms with Crippen LogP contribution in [-0.4, -0.2) is 32.5 Å². The Kier molecular flexibility index (Phi) is 6.48. The number of amides is 1. The number of carbonyl (C=O) groups excluding carboxylic acids is 2. The molecule has 0 aliphatic carbocycles. The van der Waals surface area contributed by atoms with Gasteiger partial charge in [-0.1, -0.05) is 12.1 Å². The van der Waals surface area contributed by atoms with Crippen molar-refractivity contribution >= 4 is 50.6 Å². The van der Waals surface area contributed by atoms with E-state index in [-0.39, 0.29) is 10.0 Å². The minimum atomic E-state index is -3.90. The SMILES string of the molecule is COC(=O)c1ccccc1NC(=S)Nc1ccc(S(=O)(=O)NC(C)=O)cc1. The van der Waals surface area contributed by atoms with E-state index in [1.165, 1.54) is 31.4 Å². The van der Waals surface area contributed by atoms with Gasteiger partial charge in [0.15, 0.2) is 5.11 Å². The highest BCUT2D eigenvalue weighted by molar-refractivity contribution is 7.90. The third-order valence-electron chi connectivity index (χ3n) is 3.28. The van der Waals surface area contributed by atoms with Crippen LogP contribution in [0.15, 0.2) is 53.4 Å². The Morgan fingerprint density at radius 1 is 1.00 bits per heavy atom. The average molecular weight is 407 g/mol. The monoisotopic (exact) mass is 407 g/mol. The van der Waals surface area contributed by atoms with Crippen molar-refractivity contribution in [2.75, 3.05) is 17.7 Å². The molecule has 2 rings (SSSR count). The fraction of sp³-hybridized carbons (Fsp3) is 0.118. The Balaban J connectivity index is 2.09. The van der Waals surface area contributed by atoms with E-state index in [0.29, 0.717) is 16.9 Å². The van der Waals surface area contributed by atoms with Crippen LogP contribution in [-0.2, 0) is 19.6 Å². The second-order valence-electron chi connectivity index (χ2n) is 5.30. The van der Waals surface area contributed by atoms with E-state index >= 15 is 0 Å². The molecule has 10 heteroatoms. The lowest BCUT2D eigenvalue weighted by Crippen LogP contribution is -2.28. The maximum Gasteiger partial charge on any atom is 0.339 e. The zero-order chi connectivity index (χ0) is 20.0. The van der Waals surface area contributed by atoms with Crippen LogP contribution in [0.4, 0.5) is 11.4 Å². The molecule has 142 valence electrons. The number of sulfonamides is 1. The van der Waals surface area contributed by atoms with Gasteiger partial charge >= 0.3 is 5.97 Å². The van der Waals surface area contributed by atoms with Crippen LogP contribution in [0.3, 0.4) is 0 Å². The Hall–Kier alpha value is -2.98. The number of ether oxygens (including phenoxy) is 1. The molecule has 0 heterocycles. The van der Waals surface area contributed by atoms with Gasteiger partial charge < -0.3 is 15.4 Å². The van der Waals surface area contributed by atoms with Crippen LogP contribution in [0.1, 0.15) is 17.3 Å². The van der Waals surface area contributed by atoms with Crippen molar-refractivity contribution in [2.24, 2.45) is 0 Å². The number of para-hydroxylation sites is 1. The number of carbonyl (C=O) groups is 2. The van der Waals surface area contributed by atoms with Crippen LogP contribution < -0.4 is 15.4 Å². The van der Waals surface area contributed by atoms with Gasteiger partial charge in [0.05, 0.1) is 23.3 Å².